The fraction of sp³-hybridized carbons (Fsp3) is 0.571. The van der Waals surface area contributed by atoms with E-state index in [1.54, 1.807) is 12.1 Å². The molecule has 0 bridgehead atoms. The molecule has 20 heavy (non-hydrogen) atoms. The maximum atomic E-state index is 12.1. The molecule has 0 amide bonds. The quantitative estimate of drug-likeness (QED) is 0.646. The summed E-state index contributed by atoms with van der Waals surface area (Å²) < 4.78 is 40.0. The van der Waals surface area contributed by atoms with E-state index in [0.29, 0.717) is 12.3 Å². The Kier molecular flexibility index (Phi) is 4.88. The lowest BCUT2D eigenvalue weighted by Gasteiger charge is -2.22. The highest BCUT2D eigenvalue weighted by Gasteiger charge is 2.31. The van der Waals surface area contributed by atoms with Gasteiger partial charge in [0.2, 0.25) is 0 Å². The molecular formula is C14H19F3N2O. The smallest absolute Gasteiger partial charge is 0.406 e. The van der Waals surface area contributed by atoms with E-state index in [-0.39, 0.29) is 11.8 Å². The number of rotatable bonds is 5. The van der Waals surface area contributed by atoms with Crippen molar-refractivity contribution in [2.24, 2.45) is 11.8 Å². The van der Waals surface area contributed by atoms with Crippen LogP contribution >= 0.6 is 0 Å². The van der Waals surface area contributed by atoms with Gasteiger partial charge >= 0.3 is 6.36 Å². The fourth-order valence-corrected chi connectivity index (χ4v) is 2.80. The minimum absolute atomic E-state index is 0.173. The number of halogens is 3. The summed E-state index contributed by atoms with van der Waals surface area (Å²) in [6.07, 6.45) is 0.830. The van der Waals surface area contributed by atoms with Crippen molar-refractivity contribution in [1.82, 2.24) is 5.43 Å². The minimum atomic E-state index is -4.65. The Hall–Kier alpha value is -1.27. The molecule has 0 radical (unpaired) electrons. The van der Waals surface area contributed by atoms with Crippen LogP contribution in [0.5, 0.6) is 5.75 Å². The van der Waals surface area contributed by atoms with Crippen LogP contribution in [0, 0.1) is 5.92 Å². The van der Waals surface area contributed by atoms with Gasteiger partial charge in [-0.3, -0.25) is 11.3 Å². The van der Waals surface area contributed by atoms with E-state index >= 15 is 0 Å². The zero-order valence-corrected chi connectivity index (χ0v) is 11.1. The molecule has 0 saturated heterocycles. The molecule has 112 valence electrons. The van der Waals surface area contributed by atoms with Crippen LogP contribution in [0.3, 0.4) is 0 Å². The standard InChI is InChI=1S/C14H19F3N2O/c15-14(16,17)20-12-7-5-10(6-8-12)9-13(19-18)11-3-1-2-4-11/h5-8,11,13,19H,1-4,9,18H2. The highest BCUT2D eigenvalue weighted by Crippen LogP contribution is 2.29. The molecule has 0 heterocycles. The maximum absolute atomic E-state index is 12.1. The van der Waals surface area contributed by atoms with Crippen molar-refractivity contribution in [2.75, 3.05) is 0 Å². The summed E-state index contributed by atoms with van der Waals surface area (Å²) in [6, 6.07) is 6.16. The van der Waals surface area contributed by atoms with Gasteiger partial charge in [0.15, 0.2) is 0 Å². The van der Waals surface area contributed by atoms with Crippen LogP contribution in [-0.4, -0.2) is 12.4 Å². The average molecular weight is 288 g/mol. The van der Waals surface area contributed by atoms with Crippen molar-refractivity contribution in [2.45, 2.75) is 44.5 Å². The molecular weight excluding hydrogens is 269 g/mol. The lowest BCUT2D eigenvalue weighted by atomic mass is 9.93. The zero-order chi connectivity index (χ0) is 14.6. The van der Waals surface area contributed by atoms with Crippen molar-refractivity contribution >= 4 is 0 Å². The Bertz CT molecular complexity index is 413. The summed E-state index contributed by atoms with van der Waals surface area (Å²) in [7, 11) is 0. The molecule has 1 aromatic carbocycles. The van der Waals surface area contributed by atoms with Gasteiger partial charge in [-0.15, -0.1) is 13.2 Å². The average Bonchev–Trinajstić information content (AvgIpc) is 2.90. The molecule has 1 aliphatic carbocycles. The van der Waals surface area contributed by atoms with Crippen LogP contribution in [0.25, 0.3) is 0 Å². The van der Waals surface area contributed by atoms with Gasteiger partial charge in [-0.1, -0.05) is 25.0 Å². The van der Waals surface area contributed by atoms with Crippen LogP contribution in [-0.2, 0) is 6.42 Å². The number of ether oxygens (including phenoxy) is 1. The Labute approximate surface area is 116 Å². The van der Waals surface area contributed by atoms with Crippen LogP contribution in [0.2, 0.25) is 0 Å². The highest BCUT2D eigenvalue weighted by atomic mass is 19.4. The summed E-state index contributed by atoms with van der Waals surface area (Å²) >= 11 is 0. The van der Waals surface area contributed by atoms with Crippen LogP contribution < -0.4 is 16.0 Å². The first-order valence-corrected chi connectivity index (χ1v) is 6.79. The number of hydrogen-bond acceptors (Lipinski definition) is 3. The van der Waals surface area contributed by atoms with Gasteiger partial charge in [-0.2, -0.15) is 0 Å². The molecule has 1 atom stereocenters. The molecule has 1 unspecified atom stereocenters. The molecule has 0 aromatic heterocycles. The van der Waals surface area contributed by atoms with E-state index in [4.69, 9.17) is 5.84 Å². The number of hydrazine groups is 1. The third-order valence-corrected chi connectivity index (χ3v) is 3.80. The Morgan fingerprint density at radius 2 is 1.80 bits per heavy atom. The number of nitrogens with one attached hydrogen (secondary N) is 1. The molecule has 1 saturated carbocycles. The van der Waals surface area contributed by atoms with Gasteiger partial charge in [0.05, 0.1) is 0 Å². The molecule has 3 nitrogen and oxygen atoms in total. The third-order valence-electron chi connectivity index (χ3n) is 3.80. The number of alkyl halides is 3. The number of hydrogen-bond donors (Lipinski definition) is 2. The van der Waals surface area contributed by atoms with Crippen molar-refractivity contribution in [3.63, 3.8) is 0 Å². The van der Waals surface area contributed by atoms with E-state index in [9.17, 15) is 13.2 Å². The summed E-state index contributed by atoms with van der Waals surface area (Å²) in [5, 5.41) is 0. The van der Waals surface area contributed by atoms with Crippen molar-refractivity contribution in [1.29, 1.82) is 0 Å². The largest absolute Gasteiger partial charge is 0.573 e. The van der Waals surface area contributed by atoms with Crippen molar-refractivity contribution < 1.29 is 17.9 Å². The second-order valence-electron chi connectivity index (χ2n) is 5.21. The Morgan fingerprint density at radius 3 is 2.30 bits per heavy atom. The van der Waals surface area contributed by atoms with Crippen molar-refractivity contribution in [3.8, 4) is 5.75 Å². The Morgan fingerprint density at radius 1 is 1.20 bits per heavy atom. The first-order chi connectivity index (χ1) is 9.48. The van der Waals surface area contributed by atoms with E-state index in [1.165, 1.54) is 25.0 Å². The number of nitrogens with two attached hydrogens (primary N) is 1. The molecule has 3 N–H and O–H groups in total. The van der Waals surface area contributed by atoms with Gasteiger partial charge in [0.1, 0.15) is 5.75 Å². The summed E-state index contributed by atoms with van der Waals surface area (Å²) in [6.45, 7) is 0. The van der Waals surface area contributed by atoms with Gasteiger partial charge in [-0.05, 0) is 42.9 Å². The second kappa shape index (κ2) is 6.45. The molecule has 1 fully saturated rings. The summed E-state index contributed by atoms with van der Waals surface area (Å²) in [5.74, 6) is 5.94. The van der Waals surface area contributed by atoms with E-state index < -0.39 is 6.36 Å². The van der Waals surface area contributed by atoms with Crippen LogP contribution in [0.4, 0.5) is 13.2 Å². The summed E-state index contributed by atoms with van der Waals surface area (Å²) in [4.78, 5) is 0. The van der Waals surface area contributed by atoms with Gasteiger partial charge < -0.3 is 4.74 Å². The zero-order valence-electron chi connectivity index (χ0n) is 11.1. The minimum Gasteiger partial charge on any atom is -0.406 e. The second-order valence-corrected chi connectivity index (χ2v) is 5.21. The van der Waals surface area contributed by atoms with E-state index in [0.717, 1.165) is 18.4 Å². The molecule has 1 aromatic rings. The molecule has 6 heteroatoms. The molecule has 0 aliphatic heterocycles. The Balaban J connectivity index is 1.95. The first kappa shape index (κ1) is 15.1. The fourth-order valence-electron chi connectivity index (χ4n) is 2.80. The predicted octanol–water partition coefficient (Wildman–Crippen LogP) is 3.15. The SMILES string of the molecule is NNC(Cc1ccc(OC(F)(F)F)cc1)C1CCCC1. The lowest BCUT2D eigenvalue weighted by molar-refractivity contribution is -0.274. The lowest BCUT2D eigenvalue weighted by Crippen LogP contribution is -2.41. The monoisotopic (exact) mass is 288 g/mol. The summed E-state index contributed by atoms with van der Waals surface area (Å²) in [5.41, 5.74) is 3.79. The third kappa shape index (κ3) is 4.38. The van der Waals surface area contributed by atoms with Crippen LogP contribution in [0.15, 0.2) is 24.3 Å². The predicted molar refractivity (Wildman–Crippen MR) is 69.9 cm³/mol. The topological polar surface area (TPSA) is 47.3 Å². The first-order valence-electron chi connectivity index (χ1n) is 6.79. The van der Waals surface area contributed by atoms with Crippen molar-refractivity contribution in [3.05, 3.63) is 29.8 Å². The number of benzene rings is 1. The van der Waals surface area contributed by atoms with E-state index in [2.05, 4.69) is 10.2 Å². The molecule has 2 rings (SSSR count). The van der Waals surface area contributed by atoms with Gasteiger partial charge in [-0.25, -0.2) is 0 Å². The highest BCUT2D eigenvalue weighted by molar-refractivity contribution is 5.28. The normalized spacial score (nSPS) is 18.2. The van der Waals surface area contributed by atoms with E-state index in [1.807, 2.05) is 0 Å². The molecule has 0 spiro atoms. The van der Waals surface area contributed by atoms with Gasteiger partial charge in [0.25, 0.3) is 0 Å². The molecule has 1 aliphatic rings. The maximum Gasteiger partial charge on any atom is 0.573 e. The van der Waals surface area contributed by atoms with Gasteiger partial charge in [0, 0.05) is 6.04 Å². The van der Waals surface area contributed by atoms with Crippen LogP contribution in [0.1, 0.15) is 31.2 Å².